The highest BCUT2D eigenvalue weighted by Crippen LogP contribution is 2.37. The highest BCUT2D eigenvalue weighted by atomic mass is 32.2. The number of hydrogen-bond acceptors (Lipinski definition) is 4. The summed E-state index contributed by atoms with van der Waals surface area (Å²) in [7, 11) is -2.47. The van der Waals surface area contributed by atoms with Gasteiger partial charge in [0.05, 0.1) is 6.04 Å². The summed E-state index contributed by atoms with van der Waals surface area (Å²) in [5.41, 5.74) is -0.746. The number of hydrogen-bond donors (Lipinski definition) is 1. The van der Waals surface area contributed by atoms with Gasteiger partial charge in [0.25, 0.3) is 0 Å². The lowest BCUT2D eigenvalue weighted by Crippen LogP contribution is -2.50. The number of ether oxygens (including phenoxy) is 1. The van der Waals surface area contributed by atoms with Gasteiger partial charge in [0.2, 0.25) is 5.92 Å². The average Bonchev–Trinajstić information content (AvgIpc) is 2.32. The van der Waals surface area contributed by atoms with Crippen LogP contribution in [0.2, 0.25) is 0 Å². The van der Waals surface area contributed by atoms with Crippen LogP contribution in [0.5, 0.6) is 0 Å². The number of halogens is 2. The first kappa shape index (κ1) is 20.9. The fourth-order valence-electron chi connectivity index (χ4n) is 2.60. The van der Waals surface area contributed by atoms with Gasteiger partial charge in [-0.1, -0.05) is 0 Å². The van der Waals surface area contributed by atoms with Crippen molar-refractivity contribution >= 4 is 26.8 Å². The second kappa shape index (κ2) is 7.37. The lowest BCUT2D eigenvalue weighted by Gasteiger charge is -2.33. The number of alkyl halides is 2. The highest BCUT2D eigenvalue weighted by Gasteiger charge is 2.40. The molecule has 1 atom stereocenters. The monoisotopic (exact) mass is 367 g/mol. The molecule has 5 nitrogen and oxygen atoms in total. The molecule has 0 spiro atoms. The standard InChI is InChI=1S/C16H27F2NO4S/c1-15(2,3)23-14(21)19-13(12(20)10-24(4,5)22)11-6-8-16(17,18)9-7-11/h10-11,13H,6-9H2,1-5H3,(H,19,21). The number of carbonyl (C=O) groups excluding carboxylic acids is 2. The summed E-state index contributed by atoms with van der Waals surface area (Å²) in [4.78, 5) is 24.4. The number of rotatable bonds is 4. The zero-order chi connectivity index (χ0) is 18.8. The van der Waals surface area contributed by atoms with Gasteiger partial charge >= 0.3 is 6.09 Å². The smallest absolute Gasteiger partial charge is 0.408 e. The van der Waals surface area contributed by atoms with Gasteiger partial charge in [0.1, 0.15) is 5.60 Å². The van der Waals surface area contributed by atoms with E-state index in [1.165, 1.54) is 12.5 Å². The van der Waals surface area contributed by atoms with Crippen LogP contribution in [0.25, 0.3) is 0 Å². The van der Waals surface area contributed by atoms with E-state index >= 15 is 0 Å². The lowest BCUT2D eigenvalue weighted by atomic mass is 9.81. The summed E-state index contributed by atoms with van der Waals surface area (Å²) in [6.07, 6.45) is 1.60. The number of nitrogens with one attached hydrogen (secondary N) is 1. The van der Waals surface area contributed by atoms with Crippen LogP contribution >= 0.6 is 0 Å². The minimum absolute atomic E-state index is 0.113. The molecule has 0 aromatic heterocycles. The van der Waals surface area contributed by atoms with Crippen LogP contribution < -0.4 is 5.32 Å². The zero-order valence-corrected chi connectivity index (χ0v) is 15.7. The molecule has 24 heavy (non-hydrogen) atoms. The van der Waals surface area contributed by atoms with Crippen LogP contribution in [0.15, 0.2) is 0 Å². The van der Waals surface area contributed by atoms with Crippen LogP contribution in [-0.4, -0.2) is 51.5 Å². The molecule has 1 aliphatic rings. The van der Waals surface area contributed by atoms with E-state index in [0.29, 0.717) is 0 Å². The van der Waals surface area contributed by atoms with Crippen LogP contribution in [0.1, 0.15) is 46.5 Å². The molecule has 1 rings (SSSR count). The SMILES string of the molecule is CC(C)(C)OC(=O)NC(C(=O)C=S(C)(C)=O)C1CCC(F)(F)CC1. The summed E-state index contributed by atoms with van der Waals surface area (Å²) in [5, 5.41) is 3.55. The molecule has 1 aliphatic carbocycles. The molecule has 0 aromatic carbocycles. The number of carbonyl (C=O) groups is 2. The first-order valence-electron chi connectivity index (χ1n) is 7.89. The fraction of sp³-hybridized carbons (Fsp3) is 0.812. The summed E-state index contributed by atoms with van der Waals surface area (Å²) < 4.78 is 43.7. The molecular weight excluding hydrogens is 340 g/mol. The van der Waals surface area contributed by atoms with Crippen molar-refractivity contribution in [1.82, 2.24) is 5.32 Å². The second-order valence-electron chi connectivity index (χ2n) is 7.65. The van der Waals surface area contributed by atoms with Gasteiger partial charge in [-0.2, -0.15) is 0 Å². The number of ketones is 1. The topological polar surface area (TPSA) is 72.5 Å². The molecule has 1 fully saturated rings. The normalized spacial score (nSPS) is 20.1. The van der Waals surface area contributed by atoms with Crippen LogP contribution in [0, 0.1) is 5.92 Å². The second-order valence-corrected chi connectivity index (χ2v) is 10.5. The largest absolute Gasteiger partial charge is 0.444 e. The quantitative estimate of drug-likeness (QED) is 0.776. The Hall–Kier alpha value is -1.18. The summed E-state index contributed by atoms with van der Waals surface area (Å²) in [6, 6.07) is -1.00. The predicted octanol–water partition coefficient (Wildman–Crippen LogP) is 2.62. The molecule has 1 saturated carbocycles. The van der Waals surface area contributed by atoms with Gasteiger partial charge in [0, 0.05) is 30.7 Å². The molecular formula is C16H27F2NO4S. The Morgan fingerprint density at radius 1 is 1.25 bits per heavy atom. The van der Waals surface area contributed by atoms with E-state index < -0.39 is 44.9 Å². The minimum atomic E-state index is -2.73. The zero-order valence-electron chi connectivity index (χ0n) is 14.9. The molecule has 0 heterocycles. The van der Waals surface area contributed by atoms with Gasteiger partial charge in [-0.15, -0.1) is 0 Å². The Morgan fingerprint density at radius 3 is 2.17 bits per heavy atom. The van der Waals surface area contributed by atoms with E-state index in [1.54, 1.807) is 20.8 Å². The molecule has 0 saturated heterocycles. The van der Waals surface area contributed by atoms with Crippen molar-refractivity contribution in [3.63, 3.8) is 0 Å². The van der Waals surface area contributed by atoms with E-state index in [9.17, 15) is 22.6 Å². The third kappa shape index (κ3) is 7.59. The molecule has 0 radical (unpaired) electrons. The number of alkyl carbamates (subject to hydrolysis) is 1. The Morgan fingerprint density at radius 2 is 1.75 bits per heavy atom. The Labute approximate surface area is 142 Å². The van der Waals surface area contributed by atoms with E-state index in [4.69, 9.17) is 4.74 Å². The fourth-order valence-corrected chi connectivity index (χ4v) is 3.31. The average molecular weight is 367 g/mol. The third-order valence-corrected chi connectivity index (χ3v) is 4.41. The summed E-state index contributed by atoms with van der Waals surface area (Å²) in [5.74, 6) is -3.68. The lowest BCUT2D eigenvalue weighted by molar-refractivity contribution is -0.117. The van der Waals surface area contributed by atoms with Crippen molar-refractivity contribution in [2.45, 2.75) is 64.0 Å². The molecule has 8 heteroatoms. The predicted molar refractivity (Wildman–Crippen MR) is 91.1 cm³/mol. The van der Waals surface area contributed by atoms with Crippen LogP contribution in [0.4, 0.5) is 13.6 Å². The van der Waals surface area contributed by atoms with Crippen molar-refractivity contribution in [3.8, 4) is 0 Å². The number of Topliss-reactive ketones (excluding diaryl/α,β-unsaturated/α-hetero) is 1. The first-order chi connectivity index (χ1) is 10.7. The van der Waals surface area contributed by atoms with Gasteiger partial charge in [-0.05, 0) is 49.1 Å². The van der Waals surface area contributed by atoms with Crippen molar-refractivity contribution in [2.75, 3.05) is 12.5 Å². The molecule has 140 valence electrons. The molecule has 0 bridgehead atoms. The number of amides is 1. The van der Waals surface area contributed by atoms with Crippen molar-refractivity contribution in [3.05, 3.63) is 0 Å². The van der Waals surface area contributed by atoms with Gasteiger partial charge < -0.3 is 10.1 Å². The third-order valence-electron chi connectivity index (χ3n) is 3.61. The van der Waals surface area contributed by atoms with Crippen molar-refractivity contribution in [2.24, 2.45) is 5.92 Å². The van der Waals surface area contributed by atoms with Gasteiger partial charge in [0.15, 0.2) is 5.78 Å². The Balaban J connectivity index is 2.94. The molecule has 1 unspecified atom stereocenters. The maximum Gasteiger partial charge on any atom is 0.408 e. The van der Waals surface area contributed by atoms with Crippen LogP contribution in [0.3, 0.4) is 0 Å². The maximum atomic E-state index is 13.3. The Kier molecular flexibility index (Phi) is 6.41. The summed E-state index contributed by atoms with van der Waals surface area (Å²) in [6.45, 7) is 5.05. The first-order valence-corrected chi connectivity index (χ1v) is 10.3. The van der Waals surface area contributed by atoms with E-state index in [0.717, 1.165) is 5.37 Å². The minimum Gasteiger partial charge on any atom is -0.444 e. The maximum absolute atomic E-state index is 13.3. The highest BCUT2D eigenvalue weighted by molar-refractivity contribution is 8.01. The van der Waals surface area contributed by atoms with E-state index in [2.05, 4.69) is 5.32 Å². The van der Waals surface area contributed by atoms with E-state index in [1.807, 2.05) is 0 Å². The van der Waals surface area contributed by atoms with Crippen molar-refractivity contribution in [1.29, 1.82) is 0 Å². The summed E-state index contributed by atoms with van der Waals surface area (Å²) >= 11 is 0. The van der Waals surface area contributed by atoms with Gasteiger partial charge in [-0.25, -0.2) is 13.6 Å². The molecule has 0 aromatic rings. The van der Waals surface area contributed by atoms with E-state index in [-0.39, 0.29) is 25.7 Å². The molecule has 0 aliphatic heterocycles. The van der Waals surface area contributed by atoms with Crippen LogP contribution in [-0.2, 0) is 19.1 Å². The Bertz CT molecular complexity index is 586. The molecule has 1 amide bonds. The molecule has 1 N–H and O–H groups in total. The van der Waals surface area contributed by atoms with Crippen molar-refractivity contribution < 1.29 is 27.3 Å². The van der Waals surface area contributed by atoms with Gasteiger partial charge in [-0.3, -0.25) is 9.00 Å².